The molecule has 0 aliphatic heterocycles. The summed E-state index contributed by atoms with van der Waals surface area (Å²) in [7, 11) is 0. The quantitative estimate of drug-likeness (QED) is 0.804. The van der Waals surface area contributed by atoms with E-state index >= 15 is 0 Å². The van der Waals surface area contributed by atoms with Crippen LogP contribution in [0.15, 0.2) is 49.1 Å². The van der Waals surface area contributed by atoms with E-state index in [1.54, 1.807) is 24.8 Å². The summed E-state index contributed by atoms with van der Waals surface area (Å²) in [6, 6.07) is 7.38. The van der Waals surface area contributed by atoms with E-state index in [9.17, 15) is 5.11 Å². The number of rotatable bonds is 3. The highest BCUT2D eigenvalue weighted by molar-refractivity contribution is 6.31. The van der Waals surface area contributed by atoms with Gasteiger partial charge >= 0.3 is 0 Å². The van der Waals surface area contributed by atoms with Gasteiger partial charge in [0.1, 0.15) is 0 Å². The third-order valence-corrected chi connectivity index (χ3v) is 3.49. The van der Waals surface area contributed by atoms with Gasteiger partial charge in [-0.25, -0.2) is 0 Å². The number of nitrogens with zero attached hydrogens (tertiary/aromatic N) is 3. The number of fused-ring (bicyclic) bond motifs is 1. The number of aliphatic hydroxyl groups is 1. The first-order valence-electron chi connectivity index (χ1n) is 6.21. The Hall–Kier alpha value is -2.04. The minimum atomic E-state index is -0.638. The average Bonchev–Trinajstić information content (AvgIpc) is 2.49. The molecule has 0 saturated heterocycles. The molecule has 2 aromatic heterocycles. The molecule has 0 amide bonds. The monoisotopic (exact) mass is 285 g/mol. The Kier molecular flexibility index (Phi) is 3.58. The molecule has 0 aliphatic rings. The van der Waals surface area contributed by atoms with E-state index in [1.807, 2.05) is 24.3 Å². The molecule has 1 N–H and O–H groups in total. The minimum absolute atomic E-state index is 0.438. The van der Waals surface area contributed by atoms with Crippen molar-refractivity contribution in [2.45, 2.75) is 12.5 Å². The highest BCUT2D eigenvalue weighted by Crippen LogP contribution is 2.24. The van der Waals surface area contributed by atoms with Crippen LogP contribution in [0.5, 0.6) is 0 Å². The Balaban J connectivity index is 1.89. The molecule has 0 bridgehead atoms. The Labute approximate surface area is 121 Å². The lowest BCUT2D eigenvalue weighted by Gasteiger charge is -2.12. The van der Waals surface area contributed by atoms with Crippen molar-refractivity contribution in [3.05, 3.63) is 65.2 Å². The number of aromatic nitrogens is 3. The zero-order valence-electron chi connectivity index (χ0n) is 10.6. The van der Waals surface area contributed by atoms with Gasteiger partial charge in [0, 0.05) is 31.2 Å². The molecule has 3 aromatic rings. The number of aliphatic hydroxyl groups excluding tert-OH is 1. The van der Waals surface area contributed by atoms with E-state index in [4.69, 9.17) is 11.6 Å². The predicted molar refractivity (Wildman–Crippen MR) is 77.4 cm³/mol. The summed E-state index contributed by atoms with van der Waals surface area (Å²) in [4.78, 5) is 12.4. The number of benzene rings is 1. The summed E-state index contributed by atoms with van der Waals surface area (Å²) in [6.07, 6.45) is 6.33. The largest absolute Gasteiger partial charge is 0.388 e. The van der Waals surface area contributed by atoms with Crippen molar-refractivity contribution in [2.75, 3.05) is 0 Å². The van der Waals surface area contributed by atoms with E-state index in [2.05, 4.69) is 15.0 Å². The first kappa shape index (κ1) is 13.0. The molecule has 0 aliphatic carbocycles. The van der Waals surface area contributed by atoms with Crippen molar-refractivity contribution in [3.63, 3.8) is 0 Å². The van der Waals surface area contributed by atoms with Crippen LogP contribution in [0.4, 0.5) is 0 Å². The van der Waals surface area contributed by atoms with Gasteiger partial charge in [0.25, 0.3) is 0 Å². The second kappa shape index (κ2) is 5.53. The molecule has 5 heteroatoms. The van der Waals surface area contributed by atoms with Gasteiger partial charge in [0.15, 0.2) is 0 Å². The van der Waals surface area contributed by atoms with Gasteiger partial charge in [0.05, 0.1) is 22.2 Å². The average molecular weight is 286 g/mol. The SMILES string of the molecule is OC(Cc1ccncc1Cl)c1ccc2nccnc2c1. The fraction of sp³-hybridized carbons (Fsp3) is 0.133. The zero-order chi connectivity index (χ0) is 13.9. The van der Waals surface area contributed by atoms with Gasteiger partial charge in [-0.3, -0.25) is 15.0 Å². The van der Waals surface area contributed by atoms with Crippen molar-refractivity contribution in [1.82, 2.24) is 15.0 Å². The lowest BCUT2D eigenvalue weighted by molar-refractivity contribution is 0.178. The first-order valence-corrected chi connectivity index (χ1v) is 6.59. The molecule has 1 unspecified atom stereocenters. The molecular formula is C15H12ClN3O. The third-order valence-electron chi connectivity index (χ3n) is 3.15. The van der Waals surface area contributed by atoms with Crippen LogP contribution in [-0.2, 0) is 6.42 Å². The molecule has 20 heavy (non-hydrogen) atoms. The van der Waals surface area contributed by atoms with Crippen LogP contribution in [0.1, 0.15) is 17.2 Å². The van der Waals surface area contributed by atoms with E-state index in [0.29, 0.717) is 11.4 Å². The maximum absolute atomic E-state index is 10.3. The minimum Gasteiger partial charge on any atom is -0.388 e. The van der Waals surface area contributed by atoms with Gasteiger partial charge in [-0.15, -0.1) is 0 Å². The summed E-state index contributed by atoms with van der Waals surface area (Å²) >= 11 is 6.05. The highest BCUT2D eigenvalue weighted by atomic mass is 35.5. The summed E-state index contributed by atoms with van der Waals surface area (Å²) in [5, 5.41) is 10.9. The number of pyridine rings is 1. The summed E-state index contributed by atoms with van der Waals surface area (Å²) in [6.45, 7) is 0. The molecule has 1 atom stereocenters. The van der Waals surface area contributed by atoms with Crippen LogP contribution in [0, 0.1) is 0 Å². The molecule has 2 heterocycles. The molecule has 0 fully saturated rings. The van der Waals surface area contributed by atoms with Gasteiger partial charge in [0.2, 0.25) is 0 Å². The second-order valence-electron chi connectivity index (χ2n) is 4.49. The van der Waals surface area contributed by atoms with E-state index in [0.717, 1.165) is 22.2 Å². The maximum Gasteiger partial charge on any atom is 0.0890 e. The van der Waals surface area contributed by atoms with Gasteiger partial charge in [-0.1, -0.05) is 17.7 Å². The third kappa shape index (κ3) is 2.61. The Morgan fingerprint density at radius 2 is 1.85 bits per heavy atom. The van der Waals surface area contributed by atoms with E-state index in [-0.39, 0.29) is 0 Å². The first-order chi connectivity index (χ1) is 9.74. The van der Waals surface area contributed by atoms with Crippen LogP contribution < -0.4 is 0 Å². The Bertz CT molecular complexity index is 748. The smallest absolute Gasteiger partial charge is 0.0890 e. The molecule has 100 valence electrons. The van der Waals surface area contributed by atoms with E-state index < -0.39 is 6.10 Å². The van der Waals surface area contributed by atoms with Crippen molar-refractivity contribution in [1.29, 1.82) is 0 Å². The topological polar surface area (TPSA) is 58.9 Å². The van der Waals surface area contributed by atoms with Crippen molar-refractivity contribution in [2.24, 2.45) is 0 Å². The summed E-state index contributed by atoms with van der Waals surface area (Å²) < 4.78 is 0. The van der Waals surface area contributed by atoms with Crippen LogP contribution in [0.2, 0.25) is 5.02 Å². The molecule has 4 nitrogen and oxygen atoms in total. The second-order valence-corrected chi connectivity index (χ2v) is 4.90. The number of hydrogen-bond donors (Lipinski definition) is 1. The zero-order valence-corrected chi connectivity index (χ0v) is 11.3. The standard InChI is InChI=1S/C15H12ClN3O/c16-12-9-17-4-3-10(12)8-15(20)11-1-2-13-14(7-11)19-6-5-18-13/h1-7,9,15,20H,8H2. The predicted octanol–water partition coefficient (Wildman–Crippen LogP) is 2.95. The lowest BCUT2D eigenvalue weighted by Crippen LogP contribution is -2.03. The normalized spacial score (nSPS) is 12.5. The van der Waals surface area contributed by atoms with Crippen molar-refractivity contribution in [3.8, 4) is 0 Å². The fourth-order valence-corrected chi connectivity index (χ4v) is 2.28. The molecule has 0 spiro atoms. The van der Waals surface area contributed by atoms with Crippen LogP contribution in [0.25, 0.3) is 11.0 Å². The molecular weight excluding hydrogens is 274 g/mol. The van der Waals surface area contributed by atoms with Gasteiger partial charge < -0.3 is 5.11 Å². The molecule has 0 saturated carbocycles. The fourth-order valence-electron chi connectivity index (χ4n) is 2.08. The van der Waals surface area contributed by atoms with E-state index in [1.165, 1.54) is 0 Å². The highest BCUT2D eigenvalue weighted by Gasteiger charge is 2.12. The van der Waals surface area contributed by atoms with Crippen LogP contribution in [-0.4, -0.2) is 20.1 Å². The number of halogens is 1. The maximum atomic E-state index is 10.3. The lowest BCUT2D eigenvalue weighted by atomic mass is 10.0. The van der Waals surface area contributed by atoms with Crippen molar-refractivity contribution < 1.29 is 5.11 Å². The van der Waals surface area contributed by atoms with Crippen LogP contribution >= 0.6 is 11.6 Å². The number of hydrogen-bond acceptors (Lipinski definition) is 4. The Morgan fingerprint density at radius 1 is 1.05 bits per heavy atom. The molecule has 0 radical (unpaired) electrons. The van der Waals surface area contributed by atoms with Gasteiger partial charge in [-0.2, -0.15) is 0 Å². The van der Waals surface area contributed by atoms with Crippen molar-refractivity contribution >= 4 is 22.6 Å². The Morgan fingerprint density at radius 3 is 2.65 bits per heavy atom. The molecule has 1 aromatic carbocycles. The van der Waals surface area contributed by atoms with Crippen LogP contribution in [0.3, 0.4) is 0 Å². The summed E-state index contributed by atoms with van der Waals surface area (Å²) in [5.74, 6) is 0. The molecule has 3 rings (SSSR count). The van der Waals surface area contributed by atoms with Gasteiger partial charge in [-0.05, 0) is 29.3 Å². The summed E-state index contributed by atoms with van der Waals surface area (Å²) in [5.41, 5.74) is 3.24.